The van der Waals surface area contributed by atoms with Gasteiger partial charge in [-0.1, -0.05) is 13.0 Å². The molecule has 2 atom stereocenters. The van der Waals surface area contributed by atoms with Crippen molar-refractivity contribution in [1.82, 2.24) is 15.4 Å². The molecule has 1 amide bonds. The van der Waals surface area contributed by atoms with Crippen molar-refractivity contribution in [3.05, 3.63) is 29.3 Å². The van der Waals surface area contributed by atoms with Crippen molar-refractivity contribution in [3.63, 3.8) is 0 Å². The van der Waals surface area contributed by atoms with Gasteiger partial charge in [0.1, 0.15) is 0 Å². The Balaban J connectivity index is 2.16. The van der Waals surface area contributed by atoms with Crippen LogP contribution in [0.2, 0.25) is 0 Å². The molecule has 1 saturated heterocycles. The van der Waals surface area contributed by atoms with Crippen molar-refractivity contribution < 1.29 is 17.9 Å². The van der Waals surface area contributed by atoms with Gasteiger partial charge >= 0.3 is 0 Å². The maximum absolute atomic E-state index is 12.6. The summed E-state index contributed by atoms with van der Waals surface area (Å²) >= 11 is 0. The largest absolute Gasteiger partial charge is 0.383 e. The average molecular weight is 369 g/mol. The third-order valence-electron chi connectivity index (χ3n) is 4.51. The number of hydrogen-bond donors (Lipinski definition) is 3. The van der Waals surface area contributed by atoms with Crippen LogP contribution in [-0.2, 0) is 14.8 Å². The van der Waals surface area contributed by atoms with Gasteiger partial charge in [0.05, 0.1) is 11.5 Å². The summed E-state index contributed by atoms with van der Waals surface area (Å²) in [4.78, 5) is 12.7. The van der Waals surface area contributed by atoms with Gasteiger partial charge in [-0.2, -0.15) is 0 Å². The number of benzene rings is 1. The van der Waals surface area contributed by atoms with Gasteiger partial charge in [-0.05, 0) is 43.5 Å². The van der Waals surface area contributed by atoms with Gasteiger partial charge in [0.25, 0.3) is 5.91 Å². The van der Waals surface area contributed by atoms with E-state index >= 15 is 0 Å². The number of amides is 1. The molecule has 0 aromatic heterocycles. The number of carbonyl (C=O) groups is 1. The SMILES string of the molecule is COCCNS(=O)(=O)c1ccc(C)c(C(=O)NC2CNCCC2C)c1. The maximum atomic E-state index is 12.6. The topological polar surface area (TPSA) is 96.5 Å². The first-order chi connectivity index (χ1) is 11.8. The van der Waals surface area contributed by atoms with E-state index in [1.807, 2.05) is 0 Å². The fourth-order valence-corrected chi connectivity index (χ4v) is 3.84. The number of ether oxygens (including phenoxy) is 1. The highest BCUT2D eigenvalue weighted by Gasteiger charge is 2.24. The molecule has 0 radical (unpaired) electrons. The number of carbonyl (C=O) groups excluding carboxylic acids is 1. The minimum absolute atomic E-state index is 0.0424. The second-order valence-electron chi connectivity index (χ2n) is 6.42. The Morgan fingerprint density at radius 1 is 1.40 bits per heavy atom. The zero-order valence-corrected chi connectivity index (χ0v) is 15.8. The van der Waals surface area contributed by atoms with Crippen LogP contribution in [0, 0.1) is 12.8 Å². The summed E-state index contributed by atoms with van der Waals surface area (Å²) < 4.78 is 32.0. The summed E-state index contributed by atoms with van der Waals surface area (Å²) in [5, 5.41) is 6.29. The second-order valence-corrected chi connectivity index (χ2v) is 8.18. The predicted octanol–water partition coefficient (Wildman–Crippen LogP) is 0.648. The van der Waals surface area contributed by atoms with E-state index in [1.54, 1.807) is 13.0 Å². The average Bonchev–Trinajstić information content (AvgIpc) is 2.57. The molecule has 1 aromatic rings. The van der Waals surface area contributed by atoms with Crippen LogP contribution in [0.25, 0.3) is 0 Å². The van der Waals surface area contributed by atoms with Crippen molar-refractivity contribution in [2.75, 3.05) is 33.4 Å². The first-order valence-corrected chi connectivity index (χ1v) is 9.94. The molecule has 0 saturated carbocycles. The van der Waals surface area contributed by atoms with Crippen molar-refractivity contribution in [1.29, 1.82) is 0 Å². The van der Waals surface area contributed by atoms with E-state index in [0.717, 1.165) is 25.1 Å². The molecular formula is C17H27N3O4S. The number of piperidine rings is 1. The highest BCUT2D eigenvalue weighted by atomic mass is 32.2. The van der Waals surface area contributed by atoms with E-state index in [-0.39, 0.29) is 30.0 Å². The summed E-state index contributed by atoms with van der Waals surface area (Å²) in [6.07, 6.45) is 1.00. The lowest BCUT2D eigenvalue weighted by Crippen LogP contribution is -2.50. The number of hydrogen-bond acceptors (Lipinski definition) is 5. The van der Waals surface area contributed by atoms with Gasteiger partial charge in [-0.15, -0.1) is 0 Å². The van der Waals surface area contributed by atoms with Crippen LogP contribution in [0.15, 0.2) is 23.1 Å². The normalized spacial score (nSPS) is 21.1. The molecule has 0 bridgehead atoms. The van der Waals surface area contributed by atoms with Crippen molar-refractivity contribution in [3.8, 4) is 0 Å². The van der Waals surface area contributed by atoms with Crippen LogP contribution in [0.4, 0.5) is 0 Å². The van der Waals surface area contributed by atoms with Gasteiger partial charge in [0.15, 0.2) is 0 Å². The maximum Gasteiger partial charge on any atom is 0.251 e. The predicted molar refractivity (Wildman–Crippen MR) is 96.1 cm³/mol. The Hall–Kier alpha value is -1.48. The van der Waals surface area contributed by atoms with Crippen LogP contribution < -0.4 is 15.4 Å². The van der Waals surface area contributed by atoms with E-state index < -0.39 is 10.0 Å². The fraction of sp³-hybridized carbons (Fsp3) is 0.588. The molecule has 1 aliphatic heterocycles. The van der Waals surface area contributed by atoms with Gasteiger partial charge in [-0.3, -0.25) is 4.79 Å². The second kappa shape index (κ2) is 8.75. The van der Waals surface area contributed by atoms with E-state index in [2.05, 4.69) is 22.3 Å². The van der Waals surface area contributed by atoms with Crippen LogP contribution in [-0.4, -0.2) is 53.7 Å². The highest BCUT2D eigenvalue weighted by molar-refractivity contribution is 7.89. The summed E-state index contributed by atoms with van der Waals surface area (Å²) in [5.74, 6) is 0.139. The molecule has 2 rings (SSSR count). The van der Waals surface area contributed by atoms with E-state index in [1.165, 1.54) is 19.2 Å². The number of sulfonamides is 1. The highest BCUT2D eigenvalue weighted by Crippen LogP contribution is 2.17. The van der Waals surface area contributed by atoms with Gasteiger partial charge in [0, 0.05) is 31.8 Å². The molecular weight excluding hydrogens is 342 g/mol. The first kappa shape index (κ1) is 19.8. The lowest BCUT2D eigenvalue weighted by Gasteiger charge is -2.30. The Bertz CT molecular complexity index is 706. The van der Waals surface area contributed by atoms with Crippen molar-refractivity contribution >= 4 is 15.9 Å². The number of nitrogens with one attached hydrogen (secondary N) is 3. The molecule has 1 fully saturated rings. The summed E-state index contributed by atoms with van der Waals surface area (Å²) in [7, 11) is -2.17. The van der Waals surface area contributed by atoms with Crippen molar-refractivity contribution in [2.24, 2.45) is 5.92 Å². The lowest BCUT2D eigenvalue weighted by molar-refractivity contribution is 0.0914. The lowest BCUT2D eigenvalue weighted by atomic mass is 9.94. The summed E-state index contributed by atoms with van der Waals surface area (Å²) in [6.45, 7) is 6.05. The Morgan fingerprint density at radius 2 is 2.16 bits per heavy atom. The smallest absolute Gasteiger partial charge is 0.251 e. The minimum Gasteiger partial charge on any atom is -0.383 e. The zero-order chi connectivity index (χ0) is 18.4. The molecule has 2 unspecified atom stereocenters. The molecule has 8 heteroatoms. The van der Waals surface area contributed by atoms with Crippen LogP contribution >= 0.6 is 0 Å². The third kappa shape index (κ3) is 5.24. The minimum atomic E-state index is -3.67. The molecule has 25 heavy (non-hydrogen) atoms. The molecule has 1 aromatic carbocycles. The van der Waals surface area contributed by atoms with Gasteiger partial charge in [-0.25, -0.2) is 13.1 Å². The third-order valence-corrected chi connectivity index (χ3v) is 5.97. The molecule has 0 aliphatic carbocycles. The Kier molecular flexibility index (Phi) is 6.95. The van der Waals surface area contributed by atoms with E-state index in [0.29, 0.717) is 11.5 Å². The summed E-state index contributed by atoms with van der Waals surface area (Å²) in [6, 6.07) is 4.63. The van der Waals surface area contributed by atoms with Crippen LogP contribution in [0.3, 0.4) is 0 Å². The molecule has 7 nitrogen and oxygen atoms in total. The molecule has 1 heterocycles. The van der Waals surface area contributed by atoms with Crippen LogP contribution in [0.1, 0.15) is 29.3 Å². The fourth-order valence-electron chi connectivity index (χ4n) is 2.80. The van der Waals surface area contributed by atoms with Crippen molar-refractivity contribution in [2.45, 2.75) is 31.2 Å². The van der Waals surface area contributed by atoms with Gasteiger partial charge in [0.2, 0.25) is 10.0 Å². The molecule has 1 aliphatic rings. The Labute approximate surface area is 149 Å². The molecule has 140 valence electrons. The van der Waals surface area contributed by atoms with Crippen LogP contribution in [0.5, 0.6) is 0 Å². The van der Waals surface area contributed by atoms with Gasteiger partial charge < -0.3 is 15.4 Å². The standard InChI is InChI=1S/C17H27N3O4S/c1-12-4-5-14(25(22,23)19-8-9-24-3)10-15(12)17(21)20-16-11-18-7-6-13(16)2/h4-5,10,13,16,18-19H,6-9,11H2,1-3H3,(H,20,21). The van der Waals surface area contributed by atoms with E-state index in [9.17, 15) is 13.2 Å². The Morgan fingerprint density at radius 3 is 2.84 bits per heavy atom. The monoisotopic (exact) mass is 369 g/mol. The number of methoxy groups -OCH3 is 1. The quantitative estimate of drug-likeness (QED) is 0.613. The summed E-state index contributed by atoms with van der Waals surface area (Å²) in [5.41, 5.74) is 1.12. The number of aryl methyl sites for hydroxylation is 1. The molecule has 0 spiro atoms. The zero-order valence-electron chi connectivity index (χ0n) is 15.0. The van der Waals surface area contributed by atoms with E-state index in [4.69, 9.17) is 4.74 Å². The molecule has 3 N–H and O–H groups in total. The first-order valence-electron chi connectivity index (χ1n) is 8.46. The number of rotatable bonds is 7.